The fourth-order valence-corrected chi connectivity index (χ4v) is 5.90. The maximum Gasteiger partial charge on any atom is 0.331 e. The van der Waals surface area contributed by atoms with Gasteiger partial charge in [0, 0.05) is 61.5 Å². The molecule has 308 valence electrons. The highest BCUT2D eigenvalue weighted by atomic mass is 16.5. The molecule has 4 rings (SSSR count). The molecule has 57 heavy (non-hydrogen) atoms. The summed E-state index contributed by atoms with van der Waals surface area (Å²) in [6, 6.07) is 4.74. The predicted molar refractivity (Wildman–Crippen MR) is 206 cm³/mol. The Kier molecular flexibility index (Phi) is 16.2. The van der Waals surface area contributed by atoms with Crippen molar-refractivity contribution in [2.24, 2.45) is 0 Å². The number of aryl methyl sites for hydroxylation is 6. The number of carbonyl (C=O) groups is 3. The second-order valence-corrected chi connectivity index (χ2v) is 13.0. The van der Waals surface area contributed by atoms with E-state index in [1.165, 1.54) is 74.4 Å². The lowest BCUT2D eigenvalue weighted by Crippen LogP contribution is -2.42. The molecule has 3 heterocycles. The van der Waals surface area contributed by atoms with Gasteiger partial charge in [-0.15, -0.1) is 0 Å². The number of rotatable bonds is 15. The largest absolute Gasteiger partial charge is 0.469 e. The predicted octanol–water partition coefficient (Wildman–Crippen LogP) is -0.585. The molecule has 0 amide bonds. The first-order valence-corrected chi connectivity index (χ1v) is 17.9. The van der Waals surface area contributed by atoms with Gasteiger partial charge in [0.1, 0.15) is 0 Å². The van der Waals surface area contributed by atoms with Crippen LogP contribution in [0, 0.1) is 20.8 Å². The van der Waals surface area contributed by atoms with Crippen molar-refractivity contribution >= 4 is 17.9 Å². The Balaban J connectivity index is 0.00000281. The standard InChI is InChI=1S/C36H42N6O12.C2H6O/c1-22-16-37(10-7-28(43)52-4)34(49)40(31(22)46)19-25-13-26(20-41-32(47)23(2)17-38(35(41)50)11-8-29(44)53-5)15-27(14-25)21-42-33(48)24(3)18-39(36(42)51)12-9-30(45)54-6;1-2-3/h13-18H,7-12,19-21H2,1-6H3;3H,2H2,1H3. The third kappa shape index (κ3) is 11.6. The number of esters is 3. The lowest BCUT2D eigenvalue weighted by atomic mass is 10.0. The van der Waals surface area contributed by atoms with E-state index in [-0.39, 0.29) is 81.8 Å². The molecule has 0 atom stereocenters. The minimum atomic E-state index is -0.715. The molecule has 0 fully saturated rings. The number of carbonyl (C=O) groups excluding carboxylic acids is 3. The first-order valence-electron chi connectivity index (χ1n) is 17.9. The average molecular weight is 797 g/mol. The smallest absolute Gasteiger partial charge is 0.331 e. The van der Waals surface area contributed by atoms with Crippen molar-refractivity contribution < 1.29 is 33.7 Å². The van der Waals surface area contributed by atoms with Crippen molar-refractivity contribution in [2.45, 2.75) is 86.2 Å². The van der Waals surface area contributed by atoms with Crippen LogP contribution in [0.5, 0.6) is 0 Å². The summed E-state index contributed by atoms with van der Waals surface area (Å²) in [4.78, 5) is 116. The molecule has 0 aliphatic carbocycles. The summed E-state index contributed by atoms with van der Waals surface area (Å²) in [7, 11) is 3.65. The molecule has 0 aliphatic heterocycles. The van der Waals surface area contributed by atoms with Gasteiger partial charge < -0.3 is 19.3 Å². The van der Waals surface area contributed by atoms with E-state index in [0.717, 1.165) is 13.7 Å². The second-order valence-electron chi connectivity index (χ2n) is 13.0. The number of aromatic nitrogens is 6. The Morgan fingerprint density at radius 3 is 0.947 bits per heavy atom. The number of aliphatic hydroxyl groups is 1. The highest BCUT2D eigenvalue weighted by Crippen LogP contribution is 2.14. The molecule has 19 heteroatoms. The first-order chi connectivity index (χ1) is 27.0. The molecule has 1 aromatic carbocycles. The van der Waals surface area contributed by atoms with Gasteiger partial charge in [0.15, 0.2) is 0 Å². The lowest BCUT2D eigenvalue weighted by molar-refractivity contribution is -0.141. The summed E-state index contributed by atoms with van der Waals surface area (Å²) in [5, 5.41) is 7.57. The van der Waals surface area contributed by atoms with E-state index in [4.69, 9.17) is 5.11 Å². The Hall–Kier alpha value is -6.37. The van der Waals surface area contributed by atoms with Crippen LogP contribution in [0.2, 0.25) is 0 Å². The molecule has 1 N–H and O–H groups in total. The van der Waals surface area contributed by atoms with E-state index in [1.807, 2.05) is 0 Å². The molecule has 0 saturated heterocycles. The molecule has 0 radical (unpaired) electrons. The summed E-state index contributed by atoms with van der Waals surface area (Å²) in [5.41, 5.74) is -2.25. The fourth-order valence-electron chi connectivity index (χ4n) is 5.90. The zero-order valence-corrected chi connectivity index (χ0v) is 33.1. The number of hydrogen-bond donors (Lipinski definition) is 1. The van der Waals surface area contributed by atoms with E-state index in [0.29, 0.717) is 16.7 Å². The second kappa shape index (κ2) is 20.5. The van der Waals surface area contributed by atoms with Gasteiger partial charge in [-0.3, -0.25) is 56.2 Å². The first kappa shape index (κ1) is 45.0. The highest BCUT2D eigenvalue weighted by Gasteiger charge is 2.17. The zero-order chi connectivity index (χ0) is 42.6. The molecule has 0 aliphatic rings. The van der Waals surface area contributed by atoms with Crippen LogP contribution in [0.1, 0.15) is 59.6 Å². The number of benzene rings is 1. The number of aliphatic hydroxyl groups excluding tert-OH is 1. The topological polar surface area (TPSA) is 231 Å². The quantitative estimate of drug-likeness (QED) is 0.117. The molecule has 4 aromatic rings. The molecule has 3 aromatic heterocycles. The summed E-state index contributed by atoms with van der Waals surface area (Å²) >= 11 is 0. The third-order valence-electron chi connectivity index (χ3n) is 8.71. The van der Waals surface area contributed by atoms with E-state index in [1.54, 1.807) is 25.1 Å². The van der Waals surface area contributed by atoms with Gasteiger partial charge in [-0.05, 0) is 44.4 Å². The molecule has 0 spiro atoms. The van der Waals surface area contributed by atoms with Crippen LogP contribution in [0.4, 0.5) is 0 Å². The van der Waals surface area contributed by atoms with Crippen LogP contribution in [-0.2, 0) is 67.9 Å². The van der Waals surface area contributed by atoms with Crippen LogP contribution in [0.15, 0.2) is 65.6 Å². The van der Waals surface area contributed by atoms with Gasteiger partial charge >= 0.3 is 35.0 Å². The lowest BCUT2D eigenvalue weighted by Gasteiger charge is -2.16. The van der Waals surface area contributed by atoms with E-state index in [2.05, 4.69) is 14.2 Å². The van der Waals surface area contributed by atoms with Gasteiger partial charge in [0.2, 0.25) is 0 Å². The van der Waals surface area contributed by atoms with Gasteiger partial charge in [-0.2, -0.15) is 0 Å². The Morgan fingerprint density at radius 1 is 0.509 bits per heavy atom. The SMILES string of the molecule is CCO.COC(=O)CCn1cc(C)c(=O)n(Cc2cc(Cn3c(=O)c(C)cn(CCC(=O)OC)c3=O)cc(Cn3c(=O)c(C)cn(CCC(=O)OC)c3=O)c2)c1=O. The van der Waals surface area contributed by atoms with Crippen molar-refractivity contribution in [3.05, 3.63) is 133 Å². The third-order valence-corrected chi connectivity index (χ3v) is 8.71. The minimum absolute atomic E-state index is 0.0605. The summed E-state index contributed by atoms with van der Waals surface area (Å²) in [5.74, 6) is -1.66. The Bertz CT molecular complexity index is 2200. The van der Waals surface area contributed by atoms with Crippen molar-refractivity contribution in [2.75, 3.05) is 27.9 Å². The summed E-state index contributed by atoms with van der Waals surface area (Å²) in [6.07, 6.45) is 3.65. The van der Waals surface area contributed by atoms with Crippen LogP contribution >= 0.6 is 0 Å². The van der Waals surface area contributed by atoms with E-state index in [9.17, 15) is 43.2 Å². The maximum absolute atomic E-state index is 13.5. The number of hydrogen-bond acceptors (Lipinski definition) is 13. The highest BCUT2D eigenvalue weighted by molar-refractivity contribution is 5.69. The molecule has 0 saturated carbocycles. The average Bonchev–Trinajstić information content (AvgIpc) is 3.19. The Labute approximate surface area is 325 Å². The Morgan fingerprint density at radius 2 is 0.737 bits per heavy atom. The maximum atomic E-state index is 13.5. The van der Waals surface area contributed by atoms with Gasteiger partial charge in [0.25, 0.3) is 16.7 Å². The monoisotopic (exact) mass is 796 g/mol. The zero-order valence-electron chi connectivity index (χ0n) is 33.1. The van der Waals surface area contributed by atoms with Gasteiger partial charge in [0.05, 0.1) is 60.2 Å². The van der Waals surface area contributed by atoms with Crippen LogP contribution in [0.3, 0.4) is 0 Å². The van der Waals surface area contributed by atoms with Crippen molar-refractivity contribution in [3.63, 3.8) is 0 Å². The number of methoxy groups -OCH3 is 3. The molecule has 19 nitrogen and oxygen atoms in total. The van der Waals surface area contributed by atoms with Gasteiger partial charge in [-0.1, -0.05) is 18.2 Å². The molecule has 0 unspecified atom stereocenters. The van der Waals surface area contributed by atoms with Gasteiger partial charge in [-0.25, -0.2) is 14.4 Å². The number of nitrogens with zero attached hydrogens (tertiary/aromatic N) is 6. The van der Waals surface area contributed by atoms with Crippen molar-refractivity contribution in [1.29, 1.82) is 0 Å². The van der Waals surface area contributed by atoms with E-state index < -0.39 is 51.7 Å². The van der Waals surface area contributed by atoms with Crippen molar-refractivity contribution in [1.82, 2.24) is 27.4 Å². The minimum Gasteiger partial charge on any atom is -0.469 e. The van der Waals surface area contributed by atoms with Crippen LogP contribution in [-0.4, -0.2) is 78.4 Å². The van der Waals surface area contributed by atoms with Crippen LogP contribution in [0.25, 0.3) is 0 Å². The van der Waals surface area contributed by atoms with E-state index >= 15 is 0 Å². The fraction of sp³-hybridized carbons (Fsp3) is 0.447. The normalized spacial score (nSPS) is 10.7. The molecule has 0 bridgehead atoms. The summed E-state index contributed by atoms with van der Waals surface area (Å²) in [6.45, 7) is 5.40. The molecular formula is C38H48N6O13. The molecular weight excluding hydrogens is 748 g/mol. The number of ether oxygens (including phenoxy) is 3. The summed E-state index contributed by atoms with van der Waals surface area (Å²) < 4.78 is 20.6. The van der Waals surface area contributed by atoms with Crippen molar-refractivity contribution in [3.8, 4) is 0 Å². The van der Waals surface area contributed by atoms with Crippen LogP contribution < -0.4 is 33.7 Å².